The van der Waals surface area contributed by atoms with Crippen LogP contribution in [0.1, 0.15) is 47.5 Å². The summed E-state index contributed by atoms with van der Waals surface area (Å²) in [6, 6.07) is 0.730. The van der Waals surface area contributed by atoms with E-state index in [1.807, 2.05) is 34.6 Å². The lowest BCUT2D eigenvalue weighted by atomic mass is 10.1. The van der Waals surface area contributed by atoms with Crippen LogP contribution in [0.15, 0.2) is 0 Å². The van der Waals surface area contributed by atoms with Gasteiger partial charge in [-0.2, -0.15) is 0 Å². The summed E-state index contributed by atoms with van der Waals surface area (Å²) in [5.74, 6) is 0. The van der Waals surface area contributed by atoms with Crippen molar-refractivity contribution < 1.29 is 9.53 Å². The second-order valence-corrected chi connectivity index (χ2v) is 7.30. The van der Waals surface area contributed by atoms with Crippen LogP contribution in [0.2, 0.25) is 0 Å². The summed E-state index contributed by atoms with van der Waals surface area (Å²) in [6.45, 7) is 13.6. The molecule has 0 spiro atoms. The first-order chi connectivity index (χ1) is 9.69. The molecule has 21 heavy (non-hydrogen) atoms. The van der Waals surface area contributed by atoms with Gasteiger partial charge in [0.05, 0.1) is 0 Å². The third-order valence-electron chi connectivity index (χ3n) is 3.76. The van der Waals surface area contributed by atoms with Gasteiger partial charge in [0.1, 0.15) is 5.60 Å². The molecule has 1 aliphatic rings. The van der Waals surface area contributed by atoms with E-state index in [1.54, 1.807) is 4.90 Å². The molecular weight excluding hydrogens is 266 g/mol. The molecule has 0 bridgehead atoms. The molecule has 1 saturated heterocycles. The number of likely N-dealkylation sites (tertiary alicyclic amines) is 1. The van der Waals surface area contributed by atoms with Crippen molar-refractivity contribution in [1.29, 1.82) is 0 Å². The predicted octanol–water partition coefficient (Wildman–Crippen LogP) is 2.32. The van der Waals surface area contributed by atoms with E-state index in [-0.39, 0.29) is 12.1 Å². The van der Waals surface area contributed by atoms with Crippen molar-refractivity contribution in [2.24, 2.45) is 0 Å². The standard InChI is InChI=1S/C16H33N3O2/c1-13(2)19(15(20)21-16(3,4)5)12-9-17-14-7-10-18(6)11-8-14/h13-14,17H,7-12H2,1-6H3. The summed E-state index contributed by atoms with van der Waals surface area (Å²) in [6.07, 6.45) is 2.15. The molecule has 1 amide bonds. The van der Waals surface area contributed by atoms with Gasteiger partial charge in [0.15, 0.2) is 0 Å². The minimum absolute atomic E-state index is 0.152. The number of piperidine rings is 1. The number of carbonyl (C=O) groups is 1. The van der Waals surface area contributed by atoms with Crippen molar-refractivity contribution in [1.82, 2.24) is 15.1 Å². The van der Waals surface area contributed by atoms with E-state index in [1.165, 1.54) is 12.8 Å². The zero-order chi connectivity index (χ0) is 16.0. The number of carbonyl (C=O) groups excluding carboxylic acids is 1. The lowest BCUT2D eigenvalue weighted by Gasteiger charge is -2.32. The fraction of sp³-hybridized carbons (Fsp3) is 0.938. The van der Waals surface area contributed by atoms with Crippen LogP contribution < -0.4 is 5.32 Å². The maximum Gasteiger partial charge on any atom is 0.410 e. The van der Waals surface area contributed by atoms with E-state index in [9.17, 15) is 4.79 Å². The summed E-state index contributed by atoms with van der Waals surface area (Å²) < 4.78 is 5.47. The molecule has 5 heteroatoms. The Hall–Kier alpha value is -0.810. The minimum atomic E-state index is -0.439. The molecule has 0 aliphatic carbocycles. The Labute approximate surface area is 130 Å². The summed E-state index contributed by atoms with van der Waals surface area (Å²) in [7, 11) is 2.17. The molecule has 0 unspecified atom stereocenters. The molecule has 5 nitrogen and oxygen atoms in total. The number of nitrogens with one attached hydrogen (secondary N) is 1. The van der Waals surface area contributed by atoms with Crippen molar-refractivity contribution >= 4 is 6.09 Å². The van der Waals surface area contributed by atoms with Crippen LogP contribution in [0, 0.1) is 0 Å². The smallest absolute Gasteiger partial charge is 0.410 e. The fourth-order valence-electron chi connectivity index (χ4n) is 2.48. The van der Waals surface area contributed by atoms with E-state index >= 15 is 0 Å². The number of ether oxygens (including phenoxy) is 1. The van der Waals surface area contributed by atoms with E-state index in [0.29, 0.717) is 12.6 Å². The van der Waals surface area contributed by atoms with Crippen LogP contribution in [0.25, 0.3) is 0 Å². The lowest BCUT2D eigenvalue weighted by Crippen LogP contribution is -2.47. The van der Waals surface area contributed by atoms with E-state index < -0.39 is 5.60 Å². The van der Waals surface area contributed by atoms with Gasteiger partial charge in [-0.05, 0) is 67.6 Å². The van der Waals surface area contributed by atoms with Crippen LogP contribution >= 0.6 is 0 Å². The quantitative estimate of drug-likeness (QED) is 0.846. The Bertz CT molecular complexity index is 318. The van der Waals surface area contributed by atoms with Gasteiger partial charge in [-0.1, -0.05) is 0 Å². The fourth-order valence-corrected chi connectivity index (χ4v) is 2.48. The van der Waals surface area contributed by atoms with Gasteiger partial charge >= 0.3 is 6.09 Å². The summed E-state index contributed by atoms with van der Waals surface area (Å²) >= 11 is 0. The number of amides is 1. The molecule has 0 atom stereocenters. The van der Waals surface area contributed by atoms with Crippen LogP contribution in [-0.2, 0) is 4.74 Å². The topological polar surface area (TPSA) is 44.8 Å². The van der Waals surface area contributed by atoms with Gasteiger partial charge in [-0.15, -0.1) is 0 Å². The van der Waals surface area contributed by atoms with Gasteiger partial charge < -0.3 is 19.9 Å². The molecule has 0 aromatic heterocycles. The average Bonchev–Trinajstić information content (AvgIpc) is 2.34. The first-order valence-electron chi connectivity index (χ1n) is 8.10. The second-order valence-electron chi connectivity index (χ2n) is 7.30. The van der Waals surface area contributed by atoms with Crippen molar-refractivity contribution in [3.63, 3.8) is 0 Å². The van der Waals surface area contributed by atoms with Crippen LogP contribution in [-0.4, -0.2) is 66.8 Å². The molecule has 1 fully saturated rings. The highest BCUT2D eigenvalue weighted by atomic mass is 16.6. The number of hydrogen-bond acceptors (Lipinski definition) is 4. The van der Waals surface area contributed by atoms with Crippen molar-refractivity contribution in [3.8, 4) is 0 Å². The summed E-state index contributed by atoms with van der Waals surface area (Å²) in [5.41, 5.74) is -0.439. The molecule has 0 aromatic carbocycles. The molecule has 1 heterocycles. The number of hydrogen-bond donors (Lipinski definition) is 1. The van der Waals surface area contributed by atoms with Gasteiger partial charge in [-0.25, -0.2) is 4.79 Å². The number of nitrogens with zero attached hydrogens (tertiary/aromatic N) is 2. The molecular formula is C16H33N3O2. The van der Waals surface area contributed by atoms with Gasteiger partial charge in [0.2, 0.25) is 0 Å². The minimum Gasteiger partial charge on any atom is -0.444 e. The van der Waals surface area contributed by atoms with Crippen molar-refractivity contribution in [2.75, 3.05) is 33.2 Å². The molecule has 0 aromatic rings. The first-order valence-corrected chi connectivity index (χ1v) is 8.10. The maximum atomic E-state index is 12.2. The Morgan fingerprint density at radius 1 is 1.33 bits per heavy atom. The zero-order valence-corrected chi connectivity index (χ0v) is 14.6. The van der Waals surface area contributed by atoms with Gasteiger partial charge in [0, 0.05) is 25.2 Å². The third kappa shape index (κ3) is 7.14. The third-order valence-corrected chi connectivity index (χ3v) is 3.76. The lowest BCUT2D eigenvalue weighted by molar-refractivity contribution is 0.0191. The molecule has 0 radical (unpaired) electrons. The summed E-state index contributed by atoms with van der Waals surface area (Å²) in [5, 5.41) is 3.57. The Balaban J connectivity index is 2.36. The largest absolute Gasteiger partial charge is 0.444 e. The normalized spacial score (nSPS) is 18.0. The Morgan fingerprint density at radius 2 is 1.90 bits per heavy atom. The Kier molecular flexibility index (Phi) is 6.94. The highest BCUT2D eigenvalue weighted by Gasteiger charge is 2.24. The van der Waals surface area contributed by atoms with Gasteiger partial charge in [0.25, 0.3) is 0 Å². The monoisotopic (exact) mass is 299 g/mol. The van der Waals surface area contributed by atoms with Crippen molar-refractivity contribution in [2.45, 2.75) is 65.1 Å². The first kappa shape index (κ1) is 18.2. The summed E-state index contributed by atoms with van der Waals surface area (Å²) in [4.78, 5) is 16.4. The molecule has 1 aliphatic heterocycles. The molecule has 1 N–H and O–H groups in total. The van der Waals surface area contributed by atoms with E-state index in [2.05, 4.69) is 17.3 Å². The molecule has 0 saturated carbocycles. The van der Waals surface area contributed by atoms with E-state index in [4.69, 9.17) is 4.74 Å². The van der Waals surface area contributed by atoms with Crippen LogP contribution in [0.3, 0.4) is 0 Å². The van der Waals surface area contributed by atoms with Crippen molar-refractivity contribution in [3.05, 3.63) is 0 Å². The predicted molar refractivity (Wildman–Crippen MR) is 86.6 cm³/mol. The second kappa shape index (κ2) is 7.99. The highest BCUT2D eigenvalue weighted by Crippen LogP contribution is 2.12. The maximum absolute atomic E-state index is 12.2. The average molecular weight is 299 g/mol. The van der Waals surface area contributed by atoms with E-state index in [0.717, 1.165) is 19.6 Å². The zero-order valence-electron chi connectivity index (χ0n) is 14.6. The van der Waals surface area contributed by atoms with Crippen LogP contribution in [0.4, 0.5) is 4.79 Å². The SMILES string of the molecule is CC(C)N(CCNC1CCN(C)CC1)C(=O)OC(C)(C)C. The number of rotatable bonds is 5. The molecule has 1 rings (SSSR count). The van der Waals surface area contributed by atoms with Gasteiger partial charge in [-0.3, -0.25) is 0 Å². The Morgan fingerprint density at radius 3 is 2.38 bits per heavy atom. The molecule has 124 valence electrons. The van der Waals surface area contributed by atoms with Crippen LogP contribution in [0.5, 0.6) is 0 Å². The highest BCUT2D eigenvalue weighted by molar-refractivity contribution is 5.68.